The minimum atomic E-state index is -0.317. The normalized spacial score (nSPS) is 15.3. The Morgan fingerprint density at radius 1 is 0.955 bits per heavy atom. The number of aromatic nitrogens is 3. The number of rotatable bonds is 3. The van der Waals surface area contributed by atoms with E-state index in [4.69, 9.17) is 14.0 Å². The van der Waals surface area contributed by atoms with Gasteiger partial charge in [-0.15, -0.1) is 0 Å². The summed E-state index contributed by atoms with van der Waals surface area (Å²) in [7, 11) is 0. The van der Waals surface area contributed by atoms with Crippen LogP contribution < -0.4 is 0 Å². The predicted octanol–water partition coefficient (Wildman–Crippen LogP) is 2.84. The molecule has 1 saturated heterocycles. The number of benzene rings is 1. The Labute approximate surface area is 126 Å². The van der Waals surface area contributed by atoms with E-state index in [1.165, 1.54) is 0 Å². The molecule has 0 unspecified atom stereocenters. The molecule has 0 N–H and O–H groups in total. The number of pyridine rings is 1. The zero-order valence-electron chi connectivity index (χ0n) is 11.7. The Hall–Kier alpha value is -2.57. The van der Waals surface area contributed by atoms with Crippen molar-refractivity contribution in [1.82, 2.24) is 15.1 Å². The van der Waals surface area contributed by atoms with Gasteiger partial charge in [0.2, 0.25) is 5.82 Å². The molecule has 22 heavy (non-hydrogen) atoms. The predicted molar refractivity (Wildman–Crippen MR) is 77.6 cm³/mol. The topological polar surface area (TPSA) is 70.3 Å². The summed E-state index contributed by atoms with van der Waals surface area (Å²) in [6.07, 6.45) is 3.07. The Balaban J connectivity index is 1.65. The molecule has 3 aromatic rings. The second-order valence-corrected chi connectivity index (χ2v) is 4.86. The highest BCUT2D eigenvalue weighted by molar-refractivity contribution is 5.59. The van der Waals surface area contributed by atoms with Crippen molar-refractivity contribution >= 4 is 0 Å². The van der Waals surface area contributed by atoms with Crippen molar-refractivity contribution in [2.24, 2.45) is 0 Å². The van der Waals surface area contributed by atoms with E-state index < -0.39 is 0 Å². The van der Waals surface area contributed by atoms with Crippen molar-refractivity contribution in [3.05, 3.63) is 54.4 Å². The summed E-state index contributed by atoms with van der Waals surface area (Å²) < 4.78 is 16.4. The summed E-state index contributed by atoms with van der Waals surface area (Å²) in [5, 5.41) is 4.01. The molecule has 1 aromatic carbocycles. The van der Waals surface area contributed by atoms with E-state index in [9.17, 15) is 0 Å². The molecule has 6 nitrogen and oxygen atoms in total. The molecule has 6 heteroatoms. The van der Waals surface area contributed by atoms with Gasteiger partial charge in [0, 0.05) is 29.1 Å². The van der Waals surface area contributed by atoms with Gasteiger partial charge in [-0.2, -0.15) is 4.98 Å². The molecule has 0 aliphatic carbocycles. The fraction of sp³-hybridized carbons (Fsp3) is 0.188. The van der Waals surface area contributed by atoms with Gasteiger partial charge < -0.3 is 14.0 Å². The van der Waals surface area contributed by atoms with E-state index in [0.717, 1.165) is 16.7 Å². The van der Waals surface area contributed by atoms with E-state index in [1.807, 2.05) is 36.4 Å². The van der Waals surface area contributed by atoms with Gasteiger partial charge in [0.15, 0.2) is 6.29 Å². The highest BCUT2D eigenvalue weighted by atomic mass is 16.7. The maximum Gasteiger partial charge on any atom is 0.258 e. The molecule has 3 heterocycles. The minimum Gasteiger partial charge on any atom is -0.346 e. The molecule has 1 aliphatic heterocycles. The molecular formula is C16H13N3O3. The monoisotopic (exact) mass is 295 g/mol. The quantitative estimate of drug-likeness (QED) is 0.740. The second-order valence-electron chi connectivity index (χ2n) is 4.86. The molecule has 0 saturated carbocycles. The van der Waals surface area contributed by atoms with Crippen molar-refractivity contribution in [1.29, 1.82) is 0 Å². The fourth-order valence-electron chi connectivity index (χ4n) is 2.33. The van der Waals surface area contributed by atoms with Crippen molar-refractivity contribution in [2.75, 3.05) is 13.2 Å². The van der Waals surface area contributed by atoms with Crippen LogP contribution in [-0.2, 0) is 9.47 Å². The Morgan fingerprint density at radius 2 is 1.77 bits per heavy atom. The average molecular weight is 295 g/mol. The van der Waals surface area contributed by atoms with Crippen LogP contribution in [0.1, 0.15) is 11.9 Å². The van der Waals surface area contributed by atoms with E-state index in [1.54, 1.807) is 12.4 Å². The van der Waals surface area contributed by atoms with Gasteiger partial charge in [0.05, 0.1) is 13.2 Å². The SMILES string of the molecule is c1cc(-c2nc(-c3ccncc3)no2)cc(C2OCCO2)c1. The standard InChI is InChI=1S/C16H13N3O3/c1-2-12(10-13(3-1)16-20-8-9-21-16)15-18-14(19-22-15)11-4-6-17-7-5-11/h1-7,10,16H,8-9H2. The molecule has 4 rings (SSSR count). The largest absolute Gasteiger partial charge is 0.346 e. The van der Waals surface area contributed by atoms with Crippen molar-refractivity contribution in [3.8, 4) is 22.8 Å². The van der Waals surface area contributed by atoms with Gasteiger partial charge in [-0.1, -0.05) is 17.3 Å². The smallest absolute Gasteiger partial charge is 0.258 e. The first-order chi connectivity index (χ1) is 10.9. The summed E-state index contributed by atoms with van der Waals surface area (Å²) in [5.41, 5.74) is 2.65. The molecule has 1 aliphatic rings. The van der Waals surface area contributed by atoms with Crippen LogP contribution in [-0.4, -0.2) is 28.3 Å². The lowest BCUT2D eigenvalue weighted by molar-refractivity contribution is -0.0440. The zero-order valence-corrected chi connectivity index (χ0v) is 11.7. The summed E-state index contributed by atoms with van der Waals surface area (Å²) in [6.45, 7) is 1.23. The Bertz CT molecular complexity index is 767. The first-order valence-electron chi connectivity index (χ1n) is 6.98. The lowest BCUT2D eigenvalue weighted by atomic mass is 10.1. The van der Waals surface area contributed by atoms with Gasteiger partial charge in [0.1, 0.15) is 0 Å². The molecule has 1 fully saturated rings. The molecule has 0 atom stereocenters. The van der Waals surface area contributed by atoms with E-state index in [0.29, 0.717) is 24.9 Å². The molecule has 0 spiro atoms. The number of ether oxygens (including phenoxy) is 2. The van der Waals surface area contributed by atoms with Crippen LogP contribution in [0.4, 0.5) is 0 Å². The van der Waals surface area contributed by atoms with Crippen LogP contribution in [0.3, 0.4) is 0 Å². The zero-order chi connectivity index (χ0) is 14.8. The van der Waals surface area contributed by atoms with Crippen LogP contribution in [0, 0.1) is 0 Å². The molecule has 2 aromatic heterocycles. The summed E-state index contributed by atoms with van der Waals surface area (Å²) in [5.74, 6) is 1.00. The Morgan fingerprint density at radius 3 is 2.59 bits per heavy atom. The lowest BCUT2D eigenvalue weighted by Crippen LogP contribution is -1.97. The molecule has 0 radical (unpaired) electrons. The van der Waals surface area contributed by atoms with Gasteiger partial charge in [0.25, 0.3) is 5.89 Å². The van der Waals surface area contributed by atoms with Crippen LogP contribution >= 0.6 is 0 Å². The lowest BCUT2D eigenvalue weighted by Gasteiger charge is -2.09. The maximum atomic E-state index is 5.51. The van der Waals surface area contributed by atoms with Crippen LogP contribution in [0.5, 0.6) is 0 Å². The van der Waals surface area contributed by atoms with Crippen molar-refractivity contribution in [3.63, 3.8) is 0 Å². The molecule has 0 bridgehead atoms. The first-order valence-corrected chi connectivity index (χ1v) is 6.98. The van der Waals surface area contributed by atoms with E-state index in [2.05, 4.69) is 15.1 Å². The van der Waals surface area contributed by atoms with Gasteiger partial charge in [-0.05, 0) is 24.3 Å². The average Bonchev–Trinajstić information content (AvgIpc) is 3.28. The maximum absolute atomic E-state index is 5.51. The summed E-state index contributed by atoms with van der Waals surface area (Å²) in [4.78, 5) is 8.41. The number of hydrogen-bond acceptors (Lipinski definition) is 6. The van der Waals surface area contributed by atoms with Crippen LogP contribution in [0.25, 0.3) is 22.8 Å². The second kappa shape index (κ2) is 5.67. The van der Waals surface area contributed by atoms with Gasteiger partial charge in [-0.3, -0.25) is 4.98 Å². The highest BCUT2D eigenvalue weighted by Crippen LogP contribution is 2.28. The third-order valence-corrected chi connectivity index (χ3v) is 3.39. The first kappa shape index (κ1) is 13.1. The summed E-state index contributed by atoms with van der Waals surface area (Å²) in [6, 6.07) is 11.4. The van der Waals surface area contributed by atoms with Gasteiger partial charge in [-0.25, -0.2) is 0 Å². The molecule has 0 amide bonds. The highest BCUT2D eigenvalue weighted by Gasteiger charge is 2.19. The van der Waals surface area contributed by atoms with E-state index >= 15 is 0 Å². The van der Waals surface area contributed by atoms with Crippen molar-refractivity contribution in [2.45, 2.75) is 6.29 Å². The Kier molecular flexibility index (Phi) is 3.38. The fourth-order valence-corrected chi connectivity index (χ4v) is 2.33. The third-order valence-electron chi connectivity index (χ3n) is 3.39. The third kappa shape index (κ3) is 2.49. The number of nitrogens with zero attached hydrogens (tertiary/aromatic N) is 3. The minimum absolute atomic E-state index is 0.317. The van der Waals surface area contributed by atoms with Gasteiger partial charge >= 0.3 is 0 Å². The molecule has 110 valence electrons. The summed E-state index contributed by atoms with van der Waals surface area (Å²) >= 11 is 0. The van der Waals surface area contributed by atoms with Crippen molar-refractivity contribution < 1.29 is 14.0 Å². The molecular weight excluding hydrogens is 282 g/mol. The van der Waals surface area contributed by atoms with E-state index in [-0.39, 0.29) is 6.29 Å². The number of hydrogen-bond donors (Lipinski definition) is 0. The van der Waals surface area contributed by atoms with Crippen LogP contribution in [0.2, 0.25) is 0 Å². The van der Waals surface area contributed by atoms with Crippen LogP contribution in [0.15, 0.2) is 53.3 Å².